The van der Waals surface area contributed by atoms with E-state index in [1.807, 2.05) is 0 Å². The summed E-state index contributed by atoms with van der Waals surface area (Å²) in [5.74, 6) is -0.244. The van der Waals surface area contributed by atoms with Crippen molar-refractivity contribution in [3.63, 3.8) is 0 Å². The molecule has 0 aliphatic heterocycles. The average molecular weight is 237 g/mol. The van der Waals surface area contributed by atoms with Crippen molar-refractivity contribution in [2.45, 2.75) is 13.8 Å². The zero-order valence-electron chi connectivity index (χ0n) is 9.71. The molecule has 1 aromatic heterocycles. The van der Waals surface area contributed by atoms with Crippen LogP contribution in [0.5, 0.6) is 0 Å². The number of hydrogen-bond acceptors (Lipinski definition) is 5. The van der Waals surface area contributed by atoms with Crippen molar-refractivity contribution < 1.29 is 10.0 Å². The molecule has 17 heavy (non-hydrogen) atoms. The summed E-state index contributed by atoms with van der Waals surface area (Å²) in [6, 6.07) is 0. The van der Waals surface area contributed by atoms with Gasteiger partial charge in [-0.05, 0) is 0 Å². The van der Waals surface area contributed by atoms with Crippen molar-refractivity contribution in [1.29, 1.82) is 0 Å². The second kappa shape index (κ2) is 5.24. The van der Waals surface area contributed by atoms with Crippen molar-refractivity contribution >= 4 is 11.7 Å². The molecule has 1 rings (SSSR count). The lowest BCUT2D eigenvalue weighted by Crippen LogP contribution is -2.42. The SMILES string of the molecule is CC(C)(CNC(=O)c1cncnc1)C(N)=NO. The first-order valence-corrected chi connectivity index (χ1v) is 4.98. The maximum atomic E-state index is 11.7. The molecule has 4 N–H and O–H groups in total. The maximum Gasteiger partial charge on any atom is 0.254 e. The summed E-state index contributed by atoms with van der Waals surface area (Å²) in [7, 11) is 0. The monoisotopic (exact) mass is 237 g/mol. The van der Waals surface area contributed by atoms with Crippen LogP contribution in [0.1, 0.15) is 24.2 Å². The summed E-state index contributed by atoms with van der Waals surface area (Å²) >= 11 is 0. The number of oxime groups is 1. The molecule has 1 amide bonds. The summed E-state index contributed by atoms with van der Waals surface area (Å²) in [6.45, 7) is 3.75. The van der Waals surface area contributed by atoms with Gasteiger partial charge in [0.15, 0.2) is 0 Å². The summed E-state index contributed by atoms with van der Waals surface area (Å²) in [4.78, 5) is 19.2. The number of nitrogens with zero attached hydrogens (tertiary/aromatic N) is 3. The van der Waals surface area contributed by atoms with Gasteiger partial charge >= 0.3 is 0 Å². The van der Waals surface area contributed by atoms with Gasteiger partial charge < -0.3 is 16.3 Å². The molecular weight excluding hydrogens is 222 g/mol. The standard InChI is InChI=1S/C10H15N5O2/c1-10(2,9(11)15-17)5-14-8(16)7-3-12-6-13-4-7/h3-4,6,17H,5H2,1-2H3,(H2,11,15)(H,14,16). The van der Waals surface area contributed by atoms with Gasteiger partial charge in [0.05, 0.1) is 5.56 Å². The number of rotatable bonds is 4. The molecule has 0 aliphatic carbocycles. The Kier molecular flexibility index (Phi) is 3.97. The van der Waals surface area contributed by atoms with Crippen LogP contribution in [0.3, 0.4) is 0 Å². The second-order valence-electron chi connectivity index (χ2n) is 4.18. The predicted molar refractivity (Wildman–Crippen MR) is 61.6 cm³/mol. The number of amides is 1. The third-order valence-electron chi connectivity index (χ3n) is 2.31. The van der Waals surface area contributed by atoms with Crippen molar-refractivity contribution in [1.82, 2.24) is 15.3 Å². The molecule has 92 valence electrons. The molecule has 0 fully saturated rings. The average Bonchev–Trinajstić information content (AvgIpc) is 2.36. The van der Waals surface area contributed by atoms with Gasteiger partial charge in [0.1, 0.15) is 12.2 Å². The minimum Gasteiger partial charge on any atom is -0.409 e. The number of nitrogens with one attached hydrogen (secondary N) is 1. The topological polar surface area (TPSA) is 113 Å². The van der Waals surface area contributed by atoms with Gasteiger partial charge in [-0.2, -0.15) is 0 Å². The maximum absolute atomic E-state index is 11.7. The predicted octanol–water partition coefficient (Wildman–Crippen LogP) is -0.0210. The number of nitrogens with two attached hydrogens (primary N) is 1. The van der Waals surface area contributed by atoms with Crippen molar-refractivity contribution in [2.75, 3.05) is 6.54 Å². The minimum atomic E-state index is -0.625. The van der Waals surface area contributed by atoms with Gasteiger partial charge in [-0.3, -0.25) is 4.79 Å². The van der Waals surface area contributed by atoms with E-state index in [1.165, 1.54) is 18.7 Å². The van der Waals surface area contributed by atoms with Crippen LogP contribution in [-0.4, -0.2) is 33.5 Å². The normalized spacial score (nSPS) is 12.2. The van der Waals surface area contributed by atoms with E-state index in [-0.39, 0.29) is 18.3 Å². The van der Waals surface area contributed by atoms with E-state index in [1.54, 1.807) is 13.8 Å². The van der Waals surface area contributed by atoms with E-state index in [0.29, 0.717) is 5.56 Å². The Hall–Kier alpha value is -2.18. The first-order valence-electron chi connectivity index (χ1n) is 4.98. The quantitative estimate of drug-likeness (QED) is 0.295. The highest BCUT2D eigenvalue weighted by atomic mass is 16.4. The van der Waals surface area contributed by atoms with E-state index in [0.717, 1.165) is 0 Å². The molecule has 7 nitrogen and oxygen atoms in total. The van der Waals surface area contributed by atoms with E-state index in [2.05, 4.69) is 20.4 Å². The van der Waals surface area contributed by atoms with Crippen LogP contribution < -0.4 is 11.1 Å². The molecule has 0 spiro atoms. The number of carbonyl (C=O) groups excluding carboxylic acids is 1. The molecule has 0 saturated carbocycles. The Morgan fingerprint density at radius 2 is 2.12 bits per heavy atom. The fourth-order valence-electron chi connectivity index (χ4n) is 1.05. The fourth-order valence-corrected chi connectivity index (χ4v) is 1.05. The first kappa shape index (κ1) is 12.9. The van der Waals surface area contributed by atoms with Gasteiger partial charge in [-0.1, -0.05) is 19.0 Å². The summed E-state index contributed by atoms with van der Waals surface area (Å²) in [6.07, 6.45) is 4.18. The third kappa shape index (κ3) is 3.40. The smallest absolute Gasteiger partial charge is 0.254 e. The lowest BCUT2D eigenvalue weighted by Gasteiger charge is -2.22. The van der Waals surface area contributed by atoms with Crippen LogP contribution in [0.15, 0.2) is 23.9 Å². The van der Waals surface area contributed by atoms with Crippen molar-refractivity contribution in [3.8, 4) is 0 Å². The van der Waals surface area contributed by atoms with E-state index in [9.17, 15) is 4.79 Å². The van der Waals surface area contributed by atoms with Gasteiger partial charge in [-0.25, -0.2) is 9.97 Å². The molecular formula is C10H15N5O2. The number of hydrogen-bond donors (Lipinski definition) is 3. The molecule has 0 unspecified atom stereocenters. The Morgan fingerprint density at radius 1 is 1.53 bits per heavy atom. The van der Waals surface area contributed by atoms with Crippen molar-refractivity contribution in [3.05, 3.63) is 24.3 Å². The summed E-state index contributed by atoms with van der Waals surface area (Å²) in [5, 5.41) is 14.2. The lowest BCUT2D eigenvalue weighted by molar-refractivity contribution is 0.0943. The van der Waals surface area contributed by atoms with Crippen LogP contribution in [0.2, 0.25) is 0 Å². The molecule has 0 saturated heterocycles. The van der Waals surface area contributed by atoms with Crippen LogP contribution in [0.4, 0.5) is 0 Å². The Bertz CT molecular complexity index is 416. The molecule has 0 atom stereocenters. The molecule has 1 heterocycles. The summed E-state index contributed by atoms with van der Waals surface area (Å²) in [5.41, 5.74) is 5.24. The van der Waals surface area contributed by atoms with Crippen LogP contribution in [-0.2, 0) is 0 Å². The Morgan fingerprint density at radius 3 is 2.65 bits per heavy atom. The van der Waals surface area contributed by atoms with Gasteiger partial charge in [0.2, 0.25) is 0 Å². The van der Waals surface area contributed by atoms with Crippen LogP contribution >= 0.6 is 0 Å². The second-order valence-corrected chi connectivity index (χ2v) is 4.18. The van der Waals surface area contributed by atoms with Gasteiger partial charge in [-0.15, -0.1) is 0 Å². The minimum absolute atomic E-state index is 0.0575. The summed E-state index contributed by atoms with van der Waals surface area (Å²) < 4.78 is 0. The molecule has 0 aliphatic rings. The van der Waals surface area contributed by atoms with Crippen LogP contribution in [0, 0.1) is 5.41 Å². The highest BCUT2D eigenvalue weighted by Crippen LogP contribution is 2.13. The van der Waals surface area contributed by atoms with Gasteiger partial charge in [0, 0.05) is 24.4 Å². The molecule has 0 bridgehead atoms. The molecule has 1 aromatic rings. The first-order chi connectivity index (χ1) is 7.97. The molecule has 0 aromatic carbocycles. The number of aromatic nitrogens is 2. The molecule has 0 radical (unpaired) electrons. The number of carbonyl (C=O) groups is 1. The van der Waals surface area contributed by atoms with E-state index < -0.39 is 5.41 Å². The highest BCUT2D eigenvalue weighted by molar-refractivity contribution is 5.94. The van der Waals surface area contributed by atoms with E-state index >= 15 is 0 Å². The van der Waals surface area contributed by atoms with Gasteiger partial charge in [0.25, 0.3) is 5.91 Å². The molecule has 7 heteroatoms. The van der Waals surface area contributed by atoms with Crippen LogP contribution in [0.25, 0.3) is 0 Å². The Labute approximate surface area is 98.8 Å². The largest absolute Gasteiger partial charge is 0.409 e. The third-order valence-corrected chi connectivity index (χ3v) is 2.31. The van der Waals surface area contributed by atoms with E-state index in [4.69, 9.17) is 10.9 Å². The zero-order chi connectivity index (χ0) is 12.9. The highest BCUT2D eigenvalue weighted by Gasteiger charge is 2.24. The number of amidine groups is 1. The zero-order valence-corrected chi connectivity index (χ0v) is 9.71. The fraction of sp³-hybridized carbons (Fsp3) is 0.400. The van der Waals surface area contributed by atoms with Crippen molar-refractivity contribution in [2.24, 2.45) is 16.3 Å². The Balaban J connectivity index is 2.61. The lowest BCUT2D eigenvalue weighted by atomic mass is 9.92.